The molecule has 0 saturated carbocycles. The van der Waals surface area contributed by atoms with E-state index in [0.29, 0.717) is 0 Å². The largest absolute Gasteiger partial charge is 0.382 e. The van der Waals surface area contributed by atoms with Gasteiger partial charge in [-0.3, -0.25) is 14.4 Å². The number of hydrogen-bond donors (Lipinski definition) is 3. The second-order valence-electron chi connectivity index (χ2n) is 7.99. The van der Waals surface area contributed by atoms with Crippen LogP contribution in [0.15, 0.2) is 91.0 Å². The van der Waals surface area contributed by atoms with Crippen LogP contribution in [0.2, 0.25) is 0 Å². The molecule has 0 amide bonds. The van der Waals surface area contributed by atoms with Gasteiger partial charge in [-0.2, -0.15) is 0 Å². The first-order valence-electron chi connectivity index (χ1n) is 10.4. The van der Waals surface area contributed by atoms with Gasteiger partial charge in [0.1, 0.15) is 12.2 Å². The van der Waals surface area contributed by atoms with Gasteiger partial charge in [0.2, 0.25) is 12.0 Å². The van der Waals surface area contributed by atoms with Gasteiger partial charge in [0.05, 0.1) is 0 Å². The lowest BCUT2D eigenvalue weighted by atomic mass is 9.79. The van der Waals surface area contributed by atoms with Gasteiger partial charge in [-0.05, 0) is 0 Å². The minimum Gasteiger partial charge on any atom is -0.382 e. The summed E-state index contributed by atoms with van der Waals surface area (Å²) in [6, 6.07) is 21.5. The number of rotatable bonds is 7. The molecule has 1 aliphatic rings. The van der Waals surface area contributed by atoms with Crippen molar-refractivity contribution in [1.82, 2.24) is 0 Å². The molecule has 1 heterocycles. The fourth-order valence-corrected chi connectivity index (χ4v) is 4.03. The number of aliphatic hydroxyl groups is 3. The minimum absolute atomic E-state index is 0.00616. The minimum atomic E-state index is -3.34. The number of carbonyl (C=O) groups excluding carboxylic acids is 3. The van der Waals surface area contributed by atoms with Gasteiger partial charge in [0, 0.05) is 16.7 Å². The Balaban J connectivity index is 1.80. The molecule has 4 rings (SSSR count). The standard InChI is InChI=1S/C26H21FO7/c27-24-25(32,21(30)17-12-6-2-7-13-17)23(20(29)19(28)16-10-4-1-5-11-16)34-26(24,33)22(31)18-14-8-3-9-15-18/h1-15,20,23-24,29,32-33H/t20?,23-,24+,25?,26?/m0/s1. The first-order valence-corrected chi connectivity index (χ1v) is 10.4. The number of ether oxygens (including phenoxy) is 1. The molecule has 0 spiro atoms. The van der Waals surface area contributed by atoms with Crippen LogP contribution in [0, 0.1) is 0 Å². The molecular weight excluding hydrogens is 443 g/mol. The molecule has 34 heavy (non-hydrogen) atoms. The summed E-state index contributed by atoms with van der Waals surface area (Å²) >= 11 is 0. The Hall–Kier alpha value is -3.56. The van der Waals surface area contributed by atoms with E-state index in [0.717, 1.165) is 0 Å². The van der Waals surface area contributed by atoms with E-state index in [2.05, 4.69) is 0 Å². The zero-order valence-electron chi connectivity index (χ0n) is 17.7. The predicted octanol–water partition coefficient (Wildman–Crippen LogP) is 2.15. The fourth-order valence-electron chi connectivity index (χ4n) is 4.03. The molecule has 3 unspecified atom stereocenters. The number of Topliss-reactive ketones (excluding diaryl/α,β-unsaturated/α-hetero) is 3. The maximum atomic E-state index is 15.9. The summed E-state index contributed by atoms with van der Waals surface area (Å²) in [5.74, 6) is -6.87. The molecule has 0 bridgehead atoms. The average molecular weight is 464 g/mol. The third-order valence-electron chi connectivity index (χ3n) is 5.85. The number of halogens is 1. The normalized spacial score (nSPS) is 27.2. The summed E-state index contributed by atoms with van der Waals surface area (Å²) in [7, 11) is 0. The lowest BCUT2D eigenvalue weighted by Crippen LogP contribution is -2.59. The monoisotopic (exact) mass is 464 g/mol. The summed E-state index contributed by atoms with van der Waals surface area (Å²) in [6.07, 6.45) is -7.60. The average Bonchev–Trinajstić information content (AvgIpc) is 3.11. The number of ketones is 3. The van der Waals surface area contributed by atoms with E-state index in [1.807, 2.05) is 0 Å². The molecule has 8 heteroatoms. The van der Waals surface area contributed by atoms with Gasteiger partial charge in [-0.25, -0.2) is 4.39 Å². The topological polar surface area (TPSA) is 121 Å². The number of carbonyl (C=O) groups is 3. The molecule has 0 aliphatic carbocycles. The fraction of sp³-hybridized carbons (Fsp3) is 0.192. The van der Waals surface area contributed by atoms with Crippen LogP contribution < -0.4 is 0 Å². The lowest BCUT2D eigenvalue weighted by molar-refractivity contribution is -0.187. The highest BCUT2D eigenvalue weighted by Gasteiger charge is 2.72. The zero-order valence-corrected chi connectivity index (χ0v) is 17.7. The van der Waals surface area contributed by atoms with Crippen LogP contribution in [0.3, 0.4) is 0 Å². The molecule has 0 radical (unpaired) electrons. The summed E-state index contributed by atoms with van der Waals surface area (Å²) in [6.45, 7) is 0. The Morgan fingerprint density at radius 2 is 1.15 bits per heavy atom. The van der Waals surface area contributed by atoms with Crippen molar-refractivity contribution in [2.45, 2.75) is 29.8 Å². The molecule has 1 aliphatic heterocycles. The molecule has 7 nitrogen and oxygen atoms in total. The van der Waals surface area contributed by atoms with E-state index in [1.165, 1.54) is 72.8 Å². The van der Waals surface area contributed by atoms with Crippen LogP contribution in [-0.4, -0.2) is 62.4 Å². The summed E-state index contributed by atoms with van der Waals surface area (Å²) in [5.41, 5.74) is -3.60. The number of alkyl halides is 1. The third kappa shape index (κ3) is 3.76. The number of aliphatic hydroxyl groups excluding tert-OH is 1. The molecule has 1 fully saturated rings. The van der Waals surface area contributed by atoms with Gasteiger partial charge in [0.15, 0.2) is 17.2 Å². The van der Waals surface area contributed by atoms with Gasteiger partial charge >= 0.3 is 0 Å². The van der Waals surface area contributed by atoms with E-state index < -0.39 is 47.1 Å². The first-order chi connectivity index (χ1) is 16.2. The highest BCUT2D eigenvalue weighted by molar-refractivity contribution is 6.08. The molecule has 3 N–H and O–H groups in total. The van der Waals surface area contributed by atoms with E-state index in [9.17, 15) is 29.7 Å². The molecular formula is C26H21FO7. The van der Waals surface area contributed by atoms with E-state index in [1.54, 1.807) is 18.2 Å². The Bertz CT molecular complexity index is 1200. The van der Waals surface area contributed by atoms with Gasteiger partial charge in [-0.15, -0.1) is 0 Å². The Morgan fingerprint density at radius 1 is 0.735 bits per heavy atom. The van der Waals surface area contributed by atoms with Crippen molar-refractivity contribution in [3.05, 3.63) is 108 Å². The van der Waals surface area contributed by atoms with Crippen LogP contribution in [0.25, 0.3) is 0 Å². The maximum absolute atomic E-state index is 15.9. The van der Waals surface area contributed by atoms with Crippen molar-refractivity contribution < 1.29 is 38.8 Å². The Kier molecular flexibility index (Phi) is 6.24. The van der Waals surface area contributed by atoms with Crippen LogP contribution in [-0.2, 0) is 4.74 Å². The molecule has 0 aromatic heterocycles. The summed E-state index contributed by atoms with van der Waals surface area (Å²) in [5, 5.41) is 33.2. The molecule has 5 atom stereocenters. The zero-order chi connectivity index (χ0) is 24.5. The molecule has 3 aromatic rings. The summed E-state index contributed by atoms with van der Waals surface area (Å²) in [4.78, 5) is 39.2. The van der Waals surface area contributed by atoms with Crippen molar-refractivity contribution in [3.8, 4) is 0 Å². The van der Waals surface area contributed by atoms with Crippen molar-refractivity contribution in [1.29, 1.82) is 0 Å². The van der Waals surface area contributed by atoms with Crippen LogP contribution in [0.5, 0.6) is 0 Å². The van der Waals surface area contributed by atoms with Gasteiger partial charge in [0.25, 0.3) is 5.79 Å². The van der Waals surface area contributed by atoms with Crippen LogP contribution in [0.1, 0.15) is 31.1 Å². The van der Waals surface area contributed by atoms with E-state index >= 15 is 4.39 Å². The second-order valence-corrected chi connectivity index (χ2v) is 7.99. The predicted molar refractivity (Wildman–Crippen MR) is 118 cm³/mol. The van der Waals surface area contributed by atoms with Crippen molar-refractivity contribution in [2.24, 2.45) is 0 Å². The van der Waals surface area contributed by atoms with Gasteiger partial charge in [-0.1, -0.05) is 91.0 Å². The maximum Gasteiger partial charge on any atom is 0.267 e. The first kappa shape index (κ1) is 23.6. The molecule has 174 valence electrons. The van der Waals surface area contributed by atoms with Gasteiger partial charge < -0.3 is 20.1 Å². The number of benzene rings is 3. The smallest absolute Gasteiger partial charge is 0.267 e. The quantitative estimate of drug-likeness (QED) is 0.458. The van der Waals surface area contributed by atoms with E-state index in [-0.39, 0.29) is 16.7 Å². The van der Waals surface area contributed by atoms with Crippen molar-refractivity contribution in [2.75, 3.05) is 0 Å². The van der Waals surface area contributed by atoms with E-state index in [4.69, 9.17) is 4.74 Å². The summed E-state index contributed by atoms with van der Waals surface area (Å²) < 4.78 is 21.1. The SMILES string of the molecule is O=C(c1ccccc1)C(O)[C@@H]1OC(O)(C(=O)c2ccccc2)[C@H](F)C1(O)C(=O)c1ccccc1. The Labute approximate surface area is 194 Å². The molecule has 1 saturated heterocycles. The van der Waals surface area contributed by atoms with Crippen molar-refractivity contribution >= 4 is 17.3 Å². The third-order valence-corrected chi connectivity index (χ3v) is 5.85. The molecule has 3 aromatic carbocycles. The Morgan fingerprint density at radius 3 is 1.62 bits per heavy atom. The highest BCUT2D eigenvalue weighted by atomic mass is 19.1. The second kappa shape index (κ2) is 9.00. The van der Waals surface area contributed by atoms with Crippen molar-refractivity contribution in [3.63, 3.8) is 0 Å². The highest BCUT2D eigenvalue weighted by Crippen LogP contribution is 2.44. The lowest BCUT2D eigenvalue weighted by Gasteiger charge is -2.30. The van der Waals surface area contributed by atoms with Crippen LogP contribution >= 0.6 is 0 Å². The number of hydrogen-bond acceptors (Lipinski definition) is 7. The van der Waals surface area contributed by atoms with Crippen LogP contribution in [0.4, 0.5) is 4.39 Å².